The summed E-state index contributed by atoms with van der Waals surface area (Å²) in [6.45, 7) is 2.02. The van der Waals surface area contributed by atoms with Crippen LogP contribution in [-0.2, 0) is 4.79 Å². The Balaban J connectivity index is 2.12. The molecule has 10 heteroatoms. The van der Waals surface area contributed by atoms with Gasteiger partial charge in [0.1, 0.15) is 5.69 Å². The molecule has 0 aromatic carbocycles. The van der Waals surface area contributed by atoms with E-state index >= 15 is 0 Å². The van der Waals surface area contributed by atoms with Crippen LogP contribution in [0.5, 0.6) is 11.6 Å². The molecule has 0 bridgehead atoms. The van der Waals surface area contributed by atoms with Crippen molar-refractivity contribution >= 4 is 17.8 Å². The van der Waals surface area contributed by atoms with Crippen LogP contribution in [0.25, 0.3) is 0 Å². The van der Waals surface area contributed by atoms with Crippen molar-refractivity contribution < 1.29 is 23.5 Å². The number of nitrogens with zero attached hydrogens (tertiary/aromatic N) is 3. The third-order valence-electron chi connectivity index (χ3n) is 3.27. The van der Waals surface area contributed by atoms with Gasteiger partial charge in [0.2, 0.25) is 18.7 Å². The van der Waals surface area contributed by atoms with Crippen LogP contribution in [0.1, 0.15) is 35.9 Å². The maximum Gasteiger partial charge on any atom is 0.270 e. The van der Waals surface area contributed by atoms with Crippen LogP contribution in [0.2, 0.25) is 0 Å². The molecule has 0 aliphatic heterocycles. The Morgan fingerprint density at radius 3 is 2.77 bits per heavy atom. The number of hydrogen-bond acceptors (Lipinski definition) is 7. The van der Waals surface area contributed by atoms with E-state index in [2.05, 4.69) is 25.6 Å². The minimum atomic E-state index is -1.03. The molecule has 0 saturated carbocycles. The highest BCUT2D eigenvalue weighted by Crippen LogP contribution is 2.27. The number of carbonyl (C=O) groups is 2. The number of hydrogen-bond donors (Lipinski definition) is 2. The van der Waals surface area contributed by atoms with Gasteiger partial charge in [0, 0.05) is 19.3 Å². The Hall–Kier alpha value is -3.30. The van der Waals surface area contributed by atoms with E-state index in [1.165, 1.54) is 32.5 Å². The summed E-state index contributed by atoms with van der Waals surface area (Å²) in [5.74, 6) is -0.502. The van der Waals surface area contributed by atoms with Crippen LogP contribution in [0.3, 0.4) is 0 Å². The van der Waals surface area contributed by atoms with Crippen molar-refractivity contribution in [1.29, 1.82) is 0 Å². The summed E-state index contributed by atoms with van der Waals surface area (Å²) in [5.41, 5.74) is 0.713. The number of nitrogens with one attached hydrogen (secondary N) is 2. The third kappa shape index (κ3) is 4.85. The number of aromatic nitrogens is 3. The monoisotopic (exact) mass is 363 g/mol. The van der Waals surface area contributed by atoms with Crippen LogP contribution < -0.4 is 20.1 Å². The fourth-order valence-electron chi connectivity index (χ4n) is 2.05. The fourth-order valence-corrected chi connectivity index (χ4v) is 2.05. The first-order chi connectivity index (χ1) is 12.4. The van der Waals surface area contributed by atoms with E-state index in [4.69, 9.17) is 9.47 Å². The number of alkyl halides is 1. The maximum absolute atomic E-state index is 12.4. The van der Waals surface area contributed by atoms with Crippen molar-refractivity contribution in [2.45, 2.75) is 19.9 Å². The molecule has 0 radical (unpaired) electrons. The molecule has 0 aliphatic carbocycles. The van der Waals surface area contributed by atoms with Gasteiger partial charge in [0.05, 0.1) is 13.2 Å². The van der Waals surface area contributed by atoms with Gasteiger partial charge in [-0.3, -0.25) is 14.9 Å². The van der Waals surface area contributed by atoms with Gasteiger partial charge in [-0.25, -0.2) is 19.3 Å². The molecule has 9 nitrogen and oxygen atoms in total. The molecule has 2 N–H and O–H groups in total. The van der Waals surface area contributed by atoms with Gasteiger partial charge in [-0.15, -0.1) is 0 Å². The van der Waals surface area contributed by atoms with E-state index in [0.717, 1.165) is 0 Å². The van der Waals surface area contributed by atoms with Crippen molar-refractivity contribution in [3.63, 3.8) is 0 Å². The standard InChI is InChI=1S/C16H18FN5O4/c1-9(11-6-13(25-3)15(19-7-11)26-8-17)20-14(24)12-4-5-18-16(22-12)21-10(2)23/h4-7,9H,8H2,1-3H3,(H,20,24)(H,18,21,22,23). The van der Waals surface area contributed by atoms with Crippen LogP contribution in [0.4, 0.5) is 10.3 Å². The van der Waals surface area contributed by atoms with Gasteiger partial charge in [-0.2, -0.15) is 0 Å². The number of pyridine rings is 1. The molecule has 0 aliphatic rings. The zero-order valence-electron chi connectivity index (χ0n) is 14.4. The normalized spacial score (nSPS) is 11.4. The number of anilines is 1. The predicted octanol–water partition coefficient (Wildman–Crippen LogP) is 1.64. The minimum absolute atomic E-state index is 0.0213. The topological polar surface area (TPSA) is 115 Å². The molecule has 2 aromatic heterocycles. The number of methoxy groups -OCH3 is 1. The zero-order valence-corrected chi connectivity index (χ0v) is 14.4. The number of rotatable bonds is 7. The Kier molecular flexibility index (Phi) is 6.36. The molecule has 0 saturated heterocycles. The molecule has 2 amide bonds. The first-order valence-electron chi connectivity index (χ1n) is 7.58. The van der Waals surface area contributed by atoms with E-state index in [-0.39, 0.29) is 29.2 Å². The summed E-state index contributed by atoms with van der Waals surface area (Å²) < 4.78 is 22.1. The highest BCUT2D eigenvalue weighted by Gasteiger charge is 2.16. The lowest BCUT2D eigenvalue weighted by Gasteiger charge is -2.16. The second kappa shape index (κ2) is 8.70. The van der Waals surface area contributed by atoms with Crippen molar-refractivity contribution in [3.8, 4) is 11.6 Å². The van der Waals surface area contributed by atoms with Crippen molar-refractivity contribution in [2.75, 3.05) is 19.3 Å². The van der Waals surface area contributed by atoms with Crippen LogP contribution in [-0.4, -0.2) is 40.7 Å². The second-order valence-corrected chi connectivity index (χ2v) is 5.17. The van der Waals surface area contributed by atoms with Gasteiger partial charge in [0.25, 0.3) is 11.8 Å². The lowest BCUT2D eigenvalue weighted by Crippen LogP contribution is -2.28. The molecule has 138 valence electrons. The molecular formula is C16H18FN5O4. The number of carbonyl (C=O) groups excluding carboxylic acids is 2. The smallest absolute Gasteiger partial charge is 0.270 e. The number of ether oxygens (including phenoxy) is 2. The summed E-state index contributed by atoms with van der Waals surface area (Å²) in [6, 6.07) is 2.57. The Labute approximate surface area is 149 Å². The highest BCUT2D eigenvalue weighted by molar-refractivity contribution is 5.93. The van der Waals surface area contributed by atoms with Gasteiger partial charge < -0.3 is 14.8 Å². The number of halogens is 1. The van der Waals surface area contributed by atoms with Crippen LogP contribution in [0.15, 0.2) is 24.5 Å². The van der Waals surface area contributed by atoms with Gasteiger partial charge in [-0.05, 0) is 24.6 Å². The molecule has 0 spiro atoms. The van der Waals surface area contributed by atoms with Gasteiger partial charge in [0.15, 0.2) is 5.75 Å². The summed E-state index contributed by atoms with van der Waals surface area (Å²) in [7, 11) is 1.40. The quantitative estimate of drug-likeness (QED) is 0.768. The molecule has 2 aromatic rings. The lowest BCUT2D eigenvalue weighted by atomic mass is 10.1. The number of amides is 2. The van der Waals surface area contributed by atoms with Crippen LogP contribution >= 0.6 is 0 Å². The van der Waals surface area contributed by atoms with Crippen molar-refractivity contribution in [2.24, 2.45) is 0 Å². The first-order valence-corrected chi connectivity index (χ1v) is 7.58. The van der Waals surface area contributed by atoms with Crippen LogP contribution in [0, 0.1) is 0 Å². The van der Waals surface area contributed by atoms with E-state index in [1.807, 2.05) is 0 Å². The Morgan fingerprint density at radius 2 is 2.12 bits per heavy atom. The van der Waals surface area contributed by atoms with Crippen molar-refractivity contribution in [1.82, 2.24) is 20.3 Å². The Morgan fingerprint density at radius 1 is 1.35 bits per heavy atom. The largest absolute Gasteiger partial charge is 0.491 e. The summed E-state index contributed by atoms with van der Waals surface area (Å²) in [6.07, 6.45) is 2.81. The summed E-state index contributed by atoms with van der Waals surface area (Å²) in [4.78, 5) is 35.2. The third-order valence-corrected chi connectivity index (χ3v) is 3.27. The average molecular weight is 363 g/mol. The molecule has 2 heterocycles. The molecule has 2 rings (SSSR count). The summed E-state index contributed by atoms with van der Waals surface area (Å²) in [5, 5.41) is 5.15. The molecular weight excluding hydrogens is 345 g/mol. The Bertz CT molecular complexity index is 802. The predicted molar refractivity (Wildman–Crippen MR) is 89.6 cm³/mol. The van der Waals surface area contributed by atoms with E-state index in [1.54, 1.807) is 13.0 Å². The van der Waals surface area contributed by atoms with E-state index in [9.17, 15) is 14.0 Å². The zero-order chi connectivity index (χ0) is 19.1. The fraction of sp³-hybridized carbons (Fsp3) is 0.312. The molecule has 1 unspecified atom stereocenters. The van der Waals surface area contributed by atoms with Crippen molar-refractivity contribution in [3.05, 3.63) is 35.8 Å². The molecule has 26 heavy (non-hydrogen) atoms. The molecule has 0 fully saturated rings. The molecule has 1 atom stereocenters. The van der Waals surface area contributed by atoms with Gasteiger partial charge >= 0.3 is 0 Å². The lowest BCUT2D eigenvalue weighted by molar-refractivity contribution is -0.114. The SMILES string of the molecule is COc1cc(C(C)NC(=O)c2ccnc(NC(C)=O)n2)cnc1OCF. The minimum Gasteiger partial charge on any atom is -0.491 e. The van der Waals surface area contributed by atoms with E-state index in [0.29, 0.717) is 5.56 Å². The second-order valence-electron chi connectivity index (χ2n) is 5.17. The summed E-state index contributed by atoms with van der Waals surface area (Å²) >= 11 is 0. The average Bonchev–Trinajstić information content (AvgIpc) is 2.61. The van der Waals surface area contributed by atoms with E-state index < -0.39 is 18.8 Å². The highest BCUT2D eigenvalue weighted by atomic mass is 19.1. The maximum atomic E-state index is 12.4. The van der Waals surface area contributed by atoms with Gasteiger partial charge in [-0.1, -0.05) is 0 Å². The first kappa shape index (κ1) is 19.0.